The van der Waals surface area contributed by atoms with Gasteiger partial charge in [0, 0.05) is 37.7 Å². The summed E-state index contributed by atoms with van der Waals surface area (Å²) in [6, 6.07) is 13.9. The number of esters is 1. The van der Waals surface area contributed by atoms with E-state index in [1.54, 1.807) is 43.4 Å². The zero-order valence-corrected chi connectivity index (χ0v) is 18.0. The molecule has 1 atom stereocenters. The number of hydrogen-bond acceptors (Lipinski definition) is 5. The lowest BCUT2D eigenvalue weighted by Gasteiger charge is -2.20. The van der Waals surface area contributed by atoms with Gasteiger partial charge in [0.2, 0.25) is 5.91 Å². The summed E-state index contributed by atoms with van der Waals surface area (Å²) >= 11 is 6.00. The Morgan fingerprint density at radius 1 is 1.10 bits per heavy atom. The molecular formula is C23H20ClN3O4. The smallest absolute Gasteiger partial charge is 0.308 e. The molecule has 0 N–H and O–H groups in total. The summed E-state index contributed by atoms with van der Waals surface area (Å²) in [6.45, 7) is 2.70. The number of halogens is 1. The van der Waals surface area contributed by atoms with Gasteiger partial charge in [0.15, 0.2) is 5.75 Å². The van der Waals surface area contributed by atoms with Crippen molar-refractivity contribution in [1.29, 1.82) is 0 Å². The molecule has 1 aromatic heterocycles. The minimum atomic E-state index is -0.545. The molecule has 31 heavy (non-hydrogen) atoms. The summed E-state index contributed by atoms with van der Waals surface area (Å²) in [5, 5.41) is 7.02. The van der Waals surface area contributed by atoms with E-state index in [9.17, 15) is 14.4 Å². The topological polar surface area (TPSA) is 81.0 Å². The highest BCUT2D eigenvalue weighted by atomic mass is 35.5. The van der Waals surface area contributed by atoms with Gasteiger partial charge in [-0.15, -0.1) is 0 Å². The third-order valence-corrected chi connectivity index (χ3v) is 5.53. The van der Waals surface area contributed by atoms with Crippen LogP contribution in [0.2, 0.25) is 5.02 Å². The van der Waals surface area contributed by atoms with Gasteiger partial charge >= 0.3 is 5.97 Å². The largest absolute Gasteiger partial charge is 0.425 e. The summed E-state index contributed by atoms with van der Waals surface area (Å²) in [5.74, 6) is -0.650. The fraction of sp³-hybridized carbons (Fsp3) is 0.217. The number of aromatic nitrogens is 1. The van der Waals surface area contributed by atoms with Gasteiger partial charge in [-0.3, -0.25) is 14.4 Å². The Balaban J connectivity index is 1.91. The fourth-order valence-electron chi connectivity index (χ4n) is 3.87. The zero-order chi connectivity index (χ0) is 22.3. The lowest BCUT2D eigenvalue weighted by molar-refractivity contribution is -0.132. The van der Waals surface area contributed by atoms with Gasteiger partial charge in [-0.05, 0) is 29.8 Å². The average Bonchev–Trinajstić information content (AvgIpc) is 3.17. The molecule has 3 aromatic rings. The first-order valence-electron chi connectivity index (χ1n) is 9.71. The summed E-state index contributed by atoms with van der Waals surface area (Å²) in [4.78, 5) is 37.5. The van der Waals surface area contributed by atoms with E-state index in [0.29, 0.717) is 28.1 Å². The van der Waals surface area contributed by atoms with Gasteiger partial charge < -0.3 is 9.30 Å². The molecule has 0 saturated heterocycles. The van der Waals surface area contributed by atoms with E-state index in [0.717, 1.165) is 5.56 Å². The second-order valence-corrected chi connectivity index (χ2v) is 7.80. The van der Waals surface area contributed by atoms with Crippen molar-refractivity contribution in [1.82, 2.24) is 9.58 Å². The maximum atomic E-state index is 13.3. The molecular weight excluding hydrogens is 418 g/mol. The number of carbonyl (C=O) groups is 2. The fourth-order valence-corrected chi connectivity index (χ4v) is 3.99. The third kappa shape index (κ3) is 3.72. The Labute approximate surface area is 183 Å². The first kappa shape index (κ1) is 20.8. The molecule has 0 aliphatic carbocycles. The standard InChI is InChI=1S/C23H20ClN3O4/c1-13(28)27-20(15-8-10-16(24)11-9-15)12-18(25-27)21-22(31-14(2)29)17-6-4-5-7-19(17)26(3)23(21)30/h4-11,20H,12H2,1-3H3/t20-/m1/s1. The van der Waals surface area contributed by atoms with Crippen molar-refractivity contribution < 1.29 is 14.3 Å². The van der Waals surface area contributed by atoms with Crippen LogP contribution in [0.3, 0.4) is 0 Å². The molecule has 0 bridgehead atoms. The molecule has 4 rings (SSSR count). The number of para-hydroxylation sites is 1. The quantitative estimate of drug-likeness (QED) is 0.583. The number of hydrazone groups is 1. The average molecular weight is 438 g/mol. The van der Waals surface area contributed by atoms with E-state index < -0.39 is 12.0 Å². The van der Waals surface area contributed by atoms with Crippen LogP contribution < -0.4 is 10.3 Å². The van der Waals surface area contributed by atoms with Crippen LogP contribution in [0.4, 0.5) is 0 Å². The van der Waals surface area contributed by atoms with E-state index in [-0.39, 0.29) is 22.8 Å². The molecule has 2 aromatic carbocycles. The van der Waals surface area contributed by atoms with Crippen molar-refractivity contribution in [2.24, 2.45) is 12.1 Å². The minimum absolute atomic E-state index is 0.158. The van der Waals surface area contributed by atoms with Gasteiger partial charge in [-0.2, -0.15) is 5.10 Å². The molecule has 1 amide bonds. The number of amides is 1. The number of rotatable bonds is 3. The van der Waals surface area contributed by atoms with Gasteiger partial charge in [0.25, 0.3) is 5.56 Å². The normalized spacial score (nSPS) is 15.8. The molecule has 0 spiro atoms. The third-order valence-electron chi connectivity index (χ3n) is 5.28. The SMILES string of the molecule is CC(=O)Oc1c(C2=NN(C(C)=O)[C@@H](c3ccc(Cl)cc3)C2)c(=O)n(C)c2ccccc12. The Morgan fingerprint density at radius 2 is 1.77 bits per heavy atom. The van der Waals surface area contributed by atoms with Gasteiger partial charge in [0.1, 0.15) is 5.56 Å². The van der Waals surface area contributed by atoms with Gasteiger partial charge in [0.05, 0.1) is 17.3 Å². The van der Waals surface area contributed by atoms with Crippen LogP contribution in [0.5, 0.6) is 5.75 Å². The summed E-state index contributed by atoms with van der Waals surface area (Å²) in [7, 11) is 1.65. The van der Waals surface area contributed by atoms with E-state index >= 15 is 0 Å². The lowest BCUT2D eigenvalue weighted by Crippen LogP contribution is -2.26. The monoisotopic (exact) mass is 437 g/mol. The molecule has 158 valence electrons. The van der Waals surface area contributed by atoms with Crippen molar-refractivity contribution in [3.63, 3.8) is 0 Å². The van der Waals surface area contributed by atoms with Crippen molar-refractivity contribution in [2.75, 3.05) is 0 Å². The maximum absolute atomic E-state index is 13.3. The van der Waals surface area contributed by atoms with Crippen LogP contribution >= 0.6 is 11.6 Å². The molecule has 1 aliphatic heterocycles. The highest BCUT2D eigenvalue weighted by Gasteiger charge is 2.35. The zero-order valence-electron chi connectivity index (χ0n) is 17.3. The van der Waals surface area contributed by atoms with Crippen LogP contribution in [0.15, 0.2) is 58.4 Å². The number of ether oxygens (including phenoxy) is 1. The first-order chi connectivity index (χ1) is 14.8. The van der Waals surface area contributed by atoms with Crippen molar-refractivity contribution in [3.05, 3.63) is 75.0 Å². The molecule has 1 aliphatic rings. The number of fused-ring (bicyclic) bond motifs is 1. The molecule has 0 unspecified atom stereocenters. The summed E-state index contributed by atoms with van der Waals surface area (Å²) in [6.07, 6.45) is 0.295. The van der Waals surface area contributed by atoms with Crippen LogP contribution in [-0.2, 0) is 16.6 Å². The number of benzene rings is 2. The lowest BCUT2D eigenvalue weighted by atomic mass is 9.97. The van der Waals surface area contributed by atoms with Gasteiger partial charge in [-0.1, -0.05) is 35.9 Å². The van der Waals surface area contributed by atoms with Crippen LogP contribution in [0.25, 0.3) is 10.9 Å². The van der Waals surface area contributed by atoms with Crippen molar-refractivity contribution in [3.8, 4) is 5.75 Å². The molecule has 0 saturated carbocycles. The summed E-state index contributed by atoms with van der Waals surface area (Å²) in [5.41, 5.74) is 1.68. The molecule has 0 radical (unpaired) electrons. The number of aryl methyl sites for hydroxylation is 1. The number of hydrogen-bond donors (Lipinski definition) is 0. The number of carbonyl (C=O) groups excluding carboxylic acids is 2. The Hall–Kier alpha value is -3.45. The molecule has 7 nitrogen and oxygen atoms in total. The minimum Gasteiger partial charge on any atom is -0.425 e. The predicted octanol–water partition coefficient (Wildman–Crippen LogP) is 3.81. The van der Waals surface area contributed by atoms with Crippen LogP contribution in [-0.4, -0.2) is 27.2 Å². The highest BCUT2D eigenvalue weighted by Crippen LogP contribution is 2.36. The second kappa shape index (κ2) is 8.00. The summed E-state index contributed by atoms with van der Waals surface area (Å²) < 4.78 is 7.00. The van der Waals surface area contributed by atoms with Crippen LogP contribution in [0.1, 0.15) is 37.4 Å². The van der Waals surface area contributed by atoms with E-state index in [1.165, 1.54) is 23.4 Å². The second-order valence-electron chi connectivity index (χ2n) is 7.36. The maximum Gasteiger partial charge on any atom is 0.308 e. The number of pyridine rings is 1. The van der Waals surface area contributed by atoms with Gasteiger partial charge in [-0.25, -0.2) is 5.01 Å². The van der Waals surface area contributed by atoms with E-state index in [2.05, 4.69) is 5.10 Å². The van der Waals surface area contributed by atoms with Crippen LogP contribution in [0, 0.1) is 0 Å². The predicted molar refractivity (Wildman–Crippen MR) is 118 cm³/mol. The molecule has 0 fully saturated rings. The highest BCUT2D eigenvalue weighted by molar-refractivity contribution is 6.30. The van der Waals surface area contributed by atoms with E-state index in [1.807, 2.05) is 12.1 Å². The Kier molecular flexibility index (Phi) is 5.37. The first-order valence-corrected chi connectivity index (χ1v) is 10.1. The molecule has 8 heteroatoms. The number of nitrogens with zero attached hydrogens (tertiary/aromatic N) is 3. The Morgan fingerprint density at radius 3 is 2.42 bits per heavy atom. The Bertz CT molecular complexity index is 1290. The van der Waals surface area contributed by atoms with E-state index in [4.69, 9.17) is 16.3 Å². The van der Waals surface area contributed by atoms with Crippen molar-refractivity contribution in [2.45, 2.75) is 26.3 Å². The molecule has 2 heterocycles. The van der Waals surface area contributed by atoms with Crippen molar-refractivity contribution >= 4 is 40.1 Å².